The number of piperidine rings is 1. The molecule has 2 heterocycles. The Kier molecular flexibility index (Phi) is 4.28. The highest BCUT2D eigenvalue weighted by molar-refractivity contribution is 5.69. The zero-order valence-electron chi connectivity index (χ0n) is 14.3. The van der Waals surface area contributed by atoms with Crippen LogP contribution in [0.25, 0.3) is 0 Å². The Bertz CT molecular complexity index is 642. The molecule has 0 aromatic carbocycles. The highest BCUT2D eigenvalue weighted by atomic mass is 19.4. The number of fused-ring (bicyclic) bond motifs is 2. The van der Waals surface area contributed by atoms with Gasteiger partial charge in [-0.25, -0.2) is 14.8 Å². The van der Waals surface area contributed by atoms with Gasteiger partial charge in [-0.2, -0.15) is 13.2 Å². The lowest BCUT2D eigenvalue weighted by Gasteiger charge is -2.35. The zero-order valence-corrected chi connectivity index (χ0v) is 14.3. The highest BCUT2D eigenvalue weighted by Gasteiger charge is 2.48. The molecule has 1 aromatic rings. The molecule has 2 bridgehead atoms. The summed E-state index contributed by atoms with van der Waals surface area (Å²) in [5, 5.41) is 3.11. The number of carbonyl (C=O) groups is 1. The highest BCUT2D eigenvalue weighted by Crippen LogP contribution is 2.39. The van der Waals surface area contributed by atoms with Crippen LogP contribution in [0.3, 0.4) is 0 Å². The topological polar surface area (TPSA) is 67.3 Å². The van der Waals surface area contributed by atoms with Gasteiger partial charge in [0.1, 0.15) is 11.4 Å². The first kappa shape index (κ1) is 17.8. The second kappa shape index (κ2) is 6.03. The first-order valence-corrected chi connectivity index (χ1v) is 8.18. The lowest BCUT2D eigenvalue weighted by molar-refractivity contribution is -0.141. The van der Waals surface area contributed by atoms with Crippen LogP contribution in [0.4, 0.5) is 23.8 Å². The quantitative estimate of drug-likeness (QED) is 0.879. The standard InChI is InChI=1S/C16H21F3N4O2/c1-15(2,3)25-14(24)23-8-9-4-10(11(23)5-9)22-13-7-20-12(6-21-13)16(17,18)19/h6-7,9-11H,4-5,8H2,1-3H3,(H,21,22). The van der Waals surface area contributed by atoms with E-state index in [-0.39, 0.29) is 24.0 Å². The molecule has 2 aliphatic rings. The Hall–Kier alpha value is -2.06. The minimum atomic E-state index is -4.51. The molecule has 0 radical (unpaired) electrons. The van der Waals surface area contributed by atoms with Crippen molar-refractivity contribution < 1.29 is 22.7 Å². The first-order chi connectivity index (χ1) is 11.5. The Balaban J connectivity index is 1.65. The number of alkyl halides is 3. The molecule has 1 saturated heterocycles. The number of rotatable bonds is 2. The van der Waals surface area contributed by atoms with E-state index in [0.29, 0.717) is 18.7 Å². The Morgan fingerprint density at radius 3 is 2.48 bits per heavy atom. The van der Waals surface area contributed by atoms with E-state index in [1.54, 1.807) is 4.90 Å². The molecule has 3 unspecified atom stereocenters. The Morgan fingerprint density at radius 2 is 1.96 bits per heavy atom. The molecule has 0 spiro atoms. The molecule has 1 aliphatic carbocycles. The molecule has 3 rings (SSSR count). The lowest BCUT2D eigenvalue weighted by Crippen LogP contribution is -2.49. The summed E-state index contributed by atoms with van der Waals surface area (Å²) in [5.41, 5.74) is -1.60. The van der Waals surface area contributed by atoms with Gasteiger partial charge in [0.15, 0.2) is 5.69 Å². The summed E-state index contributed by atoms with van der Waals surface area (Å²) in [6.07, 6.45) is -1.39. The van der Waals surface area contributed by atoms with Crippen LogP contribution in [0, 0.1) is 5.92 Å². The maximum absolute atomic E-state index is 12.5. The molecular weight excluding hydrogens is 337 g/mol. The van der Waals surface area contributed by atoms with Crippen molar-refractivity contribution in [3.63, 3.8) is 0 Å². The summed E-state index contributed by atoms with van der Waals surface area (Å²) >= 11 is 0. The number of hydrogen-bond donors (Lipinski definition) is 1. The van der Waals surface area contributed by atoms with Crippen molar-refractivity contribution in [3.8, 4) is 0 Å². The van der Waals surface area contributed by atoms with Crippen LogP contribution >= 0.6 is 0 Å². The number of anilines is 1. The van der Waals surface area contributed by atoms with Crippen molar-refractivity contribution in [2.45, 2.75) is 57.5 Å². The minimum Gasteiger partial charge on any atom is -0.444 e. The third-order valence-corrected chi connectivity index (χ3v) is 4.39. The molecule has 25 heavy (non-hydrogen) atoms. The maximum atomic E-state index is 12.5. The van der Waals surface area contributed by atoms with Crippen LogP contribution in [0.1, 0.15) is 39.3 Å². The van der Waals surface area contributed by atoms with Crippen molar-refractivity contribution >= 4 is 11.9 Å². The van der Waals surface area contributed by atoms with Gasteiger partial charge in [-0.05, 0) is 39.5 Å². The van der Waals surface area contributed by atoms with E-state index in [4.69, 9.17) is 4.74 Å². The molecule has 138 valence electrons. The van der Waals surface area contributed by atoms with E-state index in [9.17, 15) is 18.0 Å². The minimum absolute atomic E-state index is 0.0519. The number of carbonyl (C=O) groups excluding carboxylic acids is 1. The van der Waals surface area contributed by atoms with E-state index < -0.39 is 17.5 Å². The Labute approximate surface area is 143 Å². The van der Waals surface area contributed by atoms with Crippen molar-refractivity contribution in [2.75, 3.05) is 11.9 Å². The maximum Gasteiger partial charge on any atom is 0.434 e. The Morgan fingerprint density at radius 1 is 1.24 bits per heavy atom. The van der Waals surface area contributed by atoms with Gasteiger partial charge in [0.2, 0.25) is 0 Å². The van der Waals surface area contributed by atoms with E-state index >= 15 is 0 Å². The van der Waals surface area contributed by atoms with Crippen LogP contribution in [0.2, 0.25) is 0 Å². The molecule has 9 heteroatoms. The van der Waals surface area contributed by atoms with E-state index in [1.807, 2.05) is 20.8 Å². The predicted molar refractivity (Wildman–Crippen MR) is 83.9 cm³/mol. The van der Waals surface area contributed by atoms with E-state index in [0.717, 1.165) is 19.0 Å². The fourth-order valence-corrected chi connectivity index (χ4v) is 3.45. The van der Waals surface area contributed by atoms with E-state index in [1.165, 1.54) is 0 Å². The lowest BCUT2D eigenvalue weighted by atomic mass is 10.1. The van der Waals surface area contributed by atoms with Gasteiger partial charge < -0.3 is 15.0 Å². The van der Waals surface area contributed by atoms with Gasteiger partial charge in [0.05, 0.1) is 18.4 Å². The van der Waals surface area contributed by atoms with Crippen molar-refractivity contribution in [1.82, 2.24) is 14.9 Å². The molecule has 1 aliphatic heterocycles. The monoisotopic (exact) mass is 358 g/mol. The summed E-state index contributed by atoms with van der Waals surface area (Å²) < 4.78 is 43.1. The van der Waals surface area contributed by atoms with Crippen LogP contribution in [0.5, 0.6) is 0 Å². The third kappa shape index (κ3) is 3.96. The summed E-state index contributed by atoms with van der Waals surface area (Å²) in [5.74, 6) is 0.632. The molecule has 1 N–H and O–H groups in total. The molecule has 1 amide bonds. The normalized spacial score (nSPS) is 26.0. The van der Waals surface area contributed by atoms with Gasteiger partial charge in [-0.3, -0.25) is 0 Å². The molecule has 1 saturated carbocycles. The fraction of sp³-hybridized carbons (Fsp3) is 0.688. The average molecular weight is 358 g/mol. The summed E-state index contributed by atoms with van der Waals surface area (Å²) in [6.45, 7) is 6.09. The predicted octanol–water partition coefficient (Wildman–Crippen LogP) is 3.31. The van der Waals surface area contributed by atoms with Crippen molar-refractivity contribution in [3.05, 3.63) is 18.1 Å². The SMILES string of the molecule is CC(C)(C)OC(=O)N1CC2CC(Nc3cnc(C(F)(F)F)cn3)C1C2. The number of halogens is 3. The number of likely N-dealkylation sites (tertiary alicyclic amines) is 1. The molecule has 1 aromatic heterocycles. The largest absolute Gasteiger partial charge is 0.444 e. The fourth-order valence-electron chi connectivity index (χ4n) is 3.45. The summed E-state index contributed by atoms with van der Waals surface area (Å²) in [6, 6.07) is -0.124. The number of nitrogens with zero attached hydrogens (tertiary/aromatic N) is 3. The van der Waals surface area contributed by atoms with Crippen molar-refractivity contribution in [2.24, 2.45) is 5.92 Å². The summed E-state index contributed by atoms with van der Waals surface area (Å²) in [4.78, 5) is 21.2. The van der Waals surface area contributed by atoms with Gasteiger partial charge >= 0.3 is 12.3 Å². The molecule has 6 nitrogen and oxygen atoms in total. The van der Waals surface area contributed by atoms with Crippen LogP contribution in [0.15, 0.2) is 12.4 Å². The smallest absolute Gasteiger partial charge is 0.434 e. The number of aromatic nitrogens is 2. The van der Waals surface area contributed by atoms with E-state index in [2.05, 4.69) is 15.3 Å². The molecule has 2 fully saturated rings. The summed E-state index contributed by atoms with van der Waals surface area (Å²) in [7, 11) is 0. The first-order valence-electron chi connectivity index (χ1n) is 8.18. The average Bonchev–Trinajstić information content (AvgIpc) is 3.05. The molecular formula is C16H21F3N4O2. The van der Waals surface area contributed by atoms with Gasteiger partial charge in [-0.1, -0.05) is 0 Å². The van der Waals surface area contributed by atoms with Crippen LogP contribution in [-0.4, -0.2) is 45.2 Å². The van der Waals surface area contributed by atoms with Gasteiger partial charge in [0, 0.05) is 12.6 Å². The number of hydrogen-bond acceptors (Lipinski definition) is 5. The zero-order chi connectivity index (χ0) is 18.4. The number of amides is 1. The van der Waals surface area contributed by atoms with Crippen LogP contribution in [-0.2, 0) is 10.9 Å². The third-order valence-electron chi connectivity index (χ3n) is 4.39. The van der Waals surface area contributed by atoms with Crippen molar-refractivity contribution in [1.29, 1.82) is 0 Å². The van der Waals surface area contributed by atoms with Gasteiger partial charge in [0.25, 0.3) is 0 Å². The number of nitrogens with one attached hydrogen (secondary N) is 1. The second-order valence-electron chi connectivity index (χ2n) is 7.57. The number of ether oxygens (including phenoxy) is 1. The molecule has 3 atom stereocenters. The van der Waals surface area contributed by atoms with Gasteiger partial charge in [-0.15, -0.1) is 0 Å². The van der Waals surface area contributed by atoms with Crippen LogP contribution < -0.4 is 5.32 Å². The second-order valence-corrected chi connectivity index (χ2v) is 7.57.